The van der Waals surface area contributed by atoms with Crippen molar-refractivity contribution >= 4 is 5.82 Å². The largest absolute Gasteiger partial charge is 0.393 e. The maximum Gasteiger partial charge on any atom is 0.252 e. The van der Waals surface area contributed by atoms with E-state index in [9.17, 15) is 9.90 Å². The summed E-state index contributed by atoms with van der Waals surface area (Å²) in [6.45, 7) is 3.49. The van der Waals surface area contributed by atoms with E-state index in [-0.39, 0.29) is 17.6 Å². The lowest BCUT2D eigenvalue weighted by Gasteiger charge is -2.18. The third-order valence-electron chi connectivity index (χ3n) is 3.94. The Kier molecular flexibility index (Phi) is 2.86. The summed E-state index contributed by atoms with van der Waals surface area (Å²) < 4.78 is 0. The smallest absolute Gasteiger partial charge is 0.252 e. The van der Waals surface area contributed by atoms with Gasteiger partial charge >= 0.3 is 0 Å². The summed E-state index contributed by atoms with van der Waals surface area (Å²) in [4.78, 5) is 21.1. The van der Waals surface area contributed by atoms with E-state index in [1.807, 2.05) is 6.92 Å². The number of rotatable bonds is 3. The van der Waals surface area contributed by atoms with Crippen LogP contribution in [0.3, 0.4) is 0 Å². The average molecular weight is 249 g/mol. The predicted octanol–water partition coefficient (Wildman–Crippen LogP) is 0.854. The van der Waals surface area contributed by atoms with Crippen molar-refractivity contribution in [3.63, 3.8) is 0 Å². The lowest BCUT2D eigenvalue weighted by Crippen LogP contribution is -2.26. The van der Waals surface area contributed by atoms with Crippen molar-refractivity contribution in [3.05, 3.63) is 22.2 Å². The second kappa shape index (κ2) is 4.39. The number of H-pyrrole nitrogens is 1. The van der Waals surface area contributed by atoms with Gasteiger partial charge in [0.05, 0.1) is 6.10 Å². The third-order valence-corrected chi connectivity index (χ3v) is 3.94. The molecule has 2 aliphatic rings. The normalized spacial score (nSPS) is 25.4. The summed E-state index contributed by atoms with van der Waals surface area (Å²) in [5, 5.41) is 9.61. The maximum atomic E-state index is 11.6. The predicted molar refractivity (Wildman–Crippen MR) is 68.8 cm³/mol. The molecule has 98 valence electrons. The van der Waals surface area contributed by atoms with Crippen LogP contribution < -0.4 is 10.5 Å². The lowest BCUT2D eigenvalue weighted by molar-refractivity contribution is 0.136. The molecule has 1 saturated heterocycles. The molecule has 2 fully saturated rings. The van der Waals surface area contributed by atoms with Crippen molar-refractivity contribution in [1.29, 1.82) is 0 Å². The van der Waals surface area contributed by atoms with Gasteiger partial charge in [0.15, 0.2) is 0 Å². The highest BCUT2D eigenvalue weighted by Crippen LogP contribution is 2.38. The highest BCUT2D eigenvalue weighted by atomic mass is 16.3. The molecule has 0 aromatic carbocycles. The van der Waals surface area contributed by atoms with Crippen LogP contribution >= 0.6 is 0 Å². The van der Waals surface area contributed by atoms with Crippen LogP contribution in [0, 0.1) is 5.92 Å². The van der Waals surface area contributed by atoms with E-state index in [2.05, 4.69) is 14.9 Å². The van der Waals surface area contributed by atoms with E-state index in [4.69, 9.17) is 0 Å². The molecule has 2 heterocycles. The molecular formula is C13H19N3O2. The summed E-state index contributed by atoms with van der Waals surface area (Å²) in [6.07, 6.45) is 2.93. The molecule has 5 heteroatoms. The first-order valence-corrected chi connectivity index (χ1v) is 6.68. The van der Waals surface area contributed by atoms with Gasteiger partial charge in [0.2, 0.25) is 0 Å². The molecule has 1 aliphatic heterocycles. The Morgan fingerprint density at radius 3 is 2.89 bits per heavy atom. The Bertz CT molecular complexity index is 493. The fraction of sp³-hybridized carbons (Fsp3) is 0.692. The standard InChI is InChI=1S/C13H19N3O2/c1-8(17)10-4-5-16(7-10)11-6-12(18)15-13(14-11)9-2-3-9/h6,8-10,17H,2-5,7H2,1H3,(H,14,15,18). The van der Waals surface area contributed by atoms with Gasteiger partial charge in [0.25, 0.3) is 5.56 Å². The van der Waals surface area contributed by atoms with Gasteiger partial charge in [0, 0.05) is 31.0 Å². The van der Waals surface area contributed by atoms with E-state index in [0.717, 1.165) is 44.0 Å². The molecule has 3 rings (SSSR count). The van der Waals surface area contributed by atoms with Crippen molar-refractivity contribution in [3.8, 4) is 0 Å². The second-order valence-electron chi connectivity index (χ2n) is 5.50. The van der Waals surface area contributed by atoms with E-state index in [1.165, 1.54) is 0 Å². The fourth-order valence-electron chi connectivity index (χ4n) is 2.56. The van der Waals surface area contributed by atoms with Gasteiger partial charge in [-0.3, -0.25) is 4.79 Å². The number of hydrogen-bond acceptors (Lipinski definition) is 4. The Balaban J connectivity index is 1.82. The zero-order valence-electron chi connectivity index (χ0n) is 10.6. The lowest BCUT2D eigenvalue weighted by atomic mass is 10.0. The monoisotopic (exact) mass is 249 g/mol. The molecule has 5 nitrogen and oxygen atoms in total. The summed E-state index contributed by atoms with van der Waals surface area (Å²) in [7, 11) is 0. The van der Waals surface area contributed by atoms with Crippen molar-refractivity contribution in [2.75, 3.05) is 18.0 Å². The molecule has 18 heavy (non-hydrogen) atoms. The highest BCUT2D eigenvalue weighted by molar-refractivity contribution is 5.39. The molecule has 2 unspecified atom stereocenters. The number of nitrogens with zero attached hydrogens (tertiary/aromatic N) is 2. The SMILES string of the molecule is CC(O)C1CCN(c2cc(=O)[nH]c(C3CC3)n2)C1. The molecule has 0 radical (unpaired) electrons. The van der Waals surface area contributed by atoms with Crippen LogP contribution in [-0.4, -0.2) is 34.3 Å². The van der Waals surface area contributed by atoms with E-state index < -0.39 is 0 Å². The van der Waals surface area contributed by atoms with Gasteiger partial charge in [-0.05, 0) is 26.2 Å². The number of aromatic amines is 1. The Morgan fingerprint density at radius 1 is 1.50 bits per heavy atom. The van der Waals surface area contributed by atoms with Crippen LogP contribution in [0.1, 0.15) is 37.9 Å². The van der Waals surface area contributed by atoms with Gasteiger partial charge in [-0.1, -0.05) is 0 Å². The molecular weight excluding hydrogens is 230 g/mol. The minimum absolute atomic E-state index is 0.0672. The third kappa shape index (κ3) is 2.27. The molecule has 0 amide bonds. The van der Waals surface area contributed by atoms with Gasteiger partial charge in [-0.15, -0.1) is 0 Å². The molecule has 1 aromatic rings. The first-order valence-electron chi connectivity index (χ1n) is 6.68. The Labute approximate surface area is 106 Å². The zero-order chi connectivity index (χ0) is 12.7. The van der Waals surface area contributed by atoms with Crippen molar-refractivity contribution < 1.29 is 5.11 Å². The number of aliphatic hydroxyl groups is 1. The van der Waals surface area contributed by atoms with Gasteiger partial charge in [-0.25, -0.2) is 4.98 Å². The van der Waals surface area contributed by atoms with E-state index in [1.54, 1.807) is 6.07 Å². The summed E-state index contributed by atoms with van der Waals surface area (Å²) in [5.74, 6) is 2.34. The molecule has 2 N–H and O–H groups in total. The Morgan fingerprint density at radius 2 is 2.28 bits per heavy atom. The van der Waals surface area contributed by atoms with Crippen molar-refractivity contribution in [2.45, 2.75) is 38.2 Å². The van der Waals surface area contributed by atoms with Crippen LogP contribution in [0.25, 0.3) is 0 Å². The molecule has 2 atom stereocenters. The van der Waals surface area contributed by atoms with E-state index in [0.29, 0.717) is 5.92 Å². The van der Waals surface area contributed by atoms with Crippen LogP contribution in [0.4, 0.5) is 5.82 Å². The zero-order valence-corrected chi connectivity index (χ0v) is 10.6. The van der Waals surface area contributed by atoms with Crippen LogP contribution in [0.15, 0.2) is 10.9 Å². The number of anilines is 1. The number of aliphatic hydroxyl groups excluding tert-OH is 1. The van der Waals surface area contributed by atoms with Gasteiger partial charge in [-0.2, -0.15) is 0 Å². The molecule has 0 spiro atoms. The molecule has 1 saturated carbocycles. The first-order chi connectivity index (χ1) is 8.63. The van der Waals surface area contributed by atoms with Crippen LogP contribution in [-0.2, 0) is 0 Å². The minimum atomic E-state index is -0.292. The Hall–Kier alpha value is -1.36. The maximum absolute atomic E-state index is 11.6. The van der Waals surface area contributed by atoms with Crippen molar-refractivity contribution in [2.24, 2.45) is 5.92 Å². The molecule has 1 aliphatic carbocycles. The number of aromatic nitrogens is 2. The summed E-state index contributed by atoms with van der Waals surface area (Å²) in [6, 6.07) is 1.57. The topological polar surface area (TPSA) is 69.2 Å². The quantitative estimate of drug-likeness (QED) is 0.833. The van der Waals surface area contributed by atoms with Crippen LogP contribution in [0.2, 0.25) is 0 Å². The van der Waals surface area contributed by atoms with Crippen molar-refractivity contribution in [1.82, 2.24) is 9.97 Å². The average Bonchev–Trinajstić information content (AvgIpc) is 3.05. The first kappa shape index (κ1) is 11.7. The number of hydrogen-bond donors (Lipinski definition) is 2. The van der Waals surface area contributed by atoms with Gasteiger partial charge in [0.1, 0.15) is 11.6 Å². The van der Waals surface area contributed by atoms with Gasteiger partial charge < -0.3 is 15.0 Å². The summed E-state index contributed by atoms with van der Waals surface area (Å²) in [5.41, 5.74) is -0.0672. The molecule has 0 bridgehead atoms. The fourth-order valence-corrected chi connectivity index (χ4v) is 2.56. The minimum Gasteiger partial charge on any atom is -0.393 e. The number of nitrogens with one attached hydrogen (secondary N) is 1. The highest BCUT2D eigenvalue weighted by Gasteiger charge is 2.30. The van der Waals surface area contributed by atoms with E-state index >= 15 is 0 Å². The van der Waals surface area contributed by atoms with Crippen LogP contribution in [0.5, 0.6) is 0 Å². The second-order valence-corrected chi connectivity index (χ2v) is 5.50. The molecule has 1 aromatic heterocycles. The summed E-state index contributed by atoms with van der Waals surface area (Å²) >= 11 is 0.